The van der Waals surface area contributed by atoms with Gasteiger partial charge in [-0.3, -0.25) is 15.1 Å². The second kappa shape index (κ2) is 9.34. The molecule has 4 aromatic rings. The molecule has 2 aliphatic heterocycles. The second-order valence-corrected chi connectivity index (χ2v) is 11.5. The highest BCUT2D eigenvalue weighted by Gasteiger charge is 2.45. The van der Waals surface area contributed by atoms with Crippen LogP contribution in [0.3, 0.4) is 0 Å². The molecule has 0 aromatic carbocycles. The summed E-state index contributed by atoms with van der Waals surface area (Å²) in [5, 5.41) is 14.0. The van der Waals surface area contributed by atoms with E-state index < -0.39 is 15.8 Å². The number of nitrogens with one attached hydrogen (secondary N) is 3. The highest BCUT2D eigenvalue weighted by atomic mass is 32.2. The van der Waals surface area contributed by atoms with E-state index in [1.165, 1.54) is 6.20 Å². The molecule has 10 nitrogen and oxygen atoms in total. The maximum absolute atomic E-state index is 15.3. The first-order valence-electron chi connectivity index (χ1n) is 12.3. The Kier molecular flexibility index (Phi) is 6.00. The zero-order valence-electron chi connectivity index (χ0n) is 20.2. The van der Waals surface area contributed by atoms with Crippen molar-refractivity contribution in [2.45, 2.75) is 62.0 Å². The maximum atomic E-state index is 15.3. The zero-order valence-corrected chi connectivity index (χ0v) is 21.0. The minimum atomic E-state index is -3.65. The Labute approximate surface area is 213 Å². The van der Waals surface area contributed by atoms with Gasteiger partial charge in [0.25, 0.3) is 0 Å². The minimum absolute atomic E-state index is 0.0250. The summed E-state index contributed by atoms with van der Waals surface area (Å²) in [5.74, 6) is 0.424. The number of rotatable bonds is 6. The molecule has 0 aliphatic carbocycles. The molecule has 0 spiro atoms. The largest absolute Gasteiger partial charge is 0.367 e. The molecule has 1 unspecified atom stereocenters. The van der Waals surface area contributed by atoms with Crippen molar-refractivity contribution < 1.29 is 12.8 Å². The molecule has 0 amide bonds. The number of piperidine rings is 2. The van der Waals surface area contributed by atoms with E-state index >= 15 is 4.39 Å². The van der Waals surface area contributed by atoms with Crippen LogP contribution < -0.4 is 10.6 Å². The van der Waals surface area contributed by atoms with Crippen LogP contribution in [0, 0.1) is 12.7 Å². The molecule has 3 N–H and O–H groups in total. The number of aromatic nitrogens is 5. The van der Waals surface area contributed by atoms with Gasteiger partial charge in [0.05, 0.1) is 0 Å². The molecule has 2 bridgehead atoms. The van der Waals surface area contributed by atoms with Crippen molar-refractivity contribution in [3.63, 3.8) is 0 Å². The molecule has 0 saturated carbocycles. The molecule has 3 atom stereocenters. The Morgan fingerprint density at radius 2 is 1.89 bits per heavy atom. The van der Waals surface area contributed by atoms with E-state index in [0.29, 0.717) is 29.9 Å². The van der Waals surface area contributed by atoms with Gasteiger partial charge in [0.1, 0.15) is 16.2 Å². The third kappa shape index (κ3) is 4.40. The summed E-state index contributed by atoms with van der Waals surface area (Å²) >= 11 is 0. The number of aromatic amines is 1. The summed E-state index contributed by atoms with van der Waals surface area (Å²) in [6.45, 7) is 1.86. The van der Waals surface area contributed by atoms with Gasteiger partial charge in [-0.15, -0.1) is 0 Å². The highest BCUT2D eigenvalue weighted by Crippen LogP contribution is 2.39. The van der Waals surface area contributed by atoms with Crippen molar-refractivity contribution >= 4 is 38.4 Å². The van der Waals surface area contributed by atoms with Gasteiger partial charge in [0.2, 0.25) is 10.0 Å². The van der Waals surface area contributed by atoms with Crippen LogP contribution in [0.2, 0.25) is 0 Å². The monoisotopic (exact) mass is 522 g/mol. The number of sulfonamides is 1. The lowest BCUT2D eigenvalue weighted by molar-refractivity contribution is 0.116. The smallest absolute Gasteiger partial charge is 0.245 e. The quantitative estimate of drug-likeness (QED) is 0.345. The second-order valence-electron chi connectivity index (χ2n) is 9.66. The van der Waals surface area contributed by atoms with Gasteiger partial charge in [0.15, 0.2) is 17.5 Å². The number of fused-ring (bicyclic) bond motifs is 3. The van der Waals surface area contributed by atoms with Crippen molar-refractivity contribution in [3.8, 4) is 0 Å². The number of halogens is 1. The van der Waals surface area contributed by atoms with Gasteiger partial charge in [0, 0.05) is 53.9 Å². The lowest BCUT2D eigenvalue weighted by atomic mass is 9.84. The van der Waals surface area contributed by atoms with Gasteiger partial charge >= 0.3 is 0 Å². The van der Waals surface area contributed by atoms with Crippen LogP contribution in [0.1, 0.15) is 37.8 Å². The van der Waals surface area contributed by atoms with Crippen molar-refractivity contribution in [2.75, 3.05) is 10.6 Å². The molecular formula is C25H27FN8O2S. The summed E-state index contributed by atoms with van der Waals surface area (Å²) in [6, 6.07) is 8.23. The average Bonchev–Trinajstić information content (AvgIpc) is 3.31. The molecule has 37 heavy (non-hydrogen) atoms. The van der Waals surface area contributed by atoms with E-state index in [0.717, 1.165) is 25.0 Å². The number of hydrogen-bond acceptors (Lipinski definition) is 8. The Morgan fingerprint density at radius 3 is 2.59 bits per heavy atom. The topological polar surface area (TPSA) is 129 Å². The summed E-state index contributed by atoms with van der Waals surface area (Å²) in [4.78, 5) is 13.1. The standard InChI is InChI=1S/C25H27FN8O2S/c1-15-11-21(33-32-15)30-25-22(26)23-20(8-4-10-28-23)24(31-25)29-16-12-17-5-2-6-18(13-16)34(17)37(35,36)19-7-3-9-27-14-19/h3-4,7-11,14,16-18H,2,5-6,12-13H2,1H3,(H3,29,30,31,32,33)/t16?,17-,18+. The molecule has 6 heterocycles. The molecule has 6 rings (SSSR count). The fraction of sp³-hybridized carbons (Fsp3) is 0.360. The molecule has 2 fully saturated rings. The zero-order chi connectivity index (χ0) is 25.6. The van der Waals surface area contributed by atoms with Gasteiger partial charge in [-0.25, -0.2) is 17.8 Å². The van der Waals surface area contributed by atoms with Crippen LogP contribution in [0.4, 0.5) is 21.8 Å². The fourth-order valence-corrected chi connectivity index (χ4v) is 7.42. The summed E-state index contributed by atoms with van der Waals surface area (Å²) in [6.07, 6.45) is 8.34. The van der Waals surface area contributed by atoms with Gasteiger partial charge in [-0.1, -0.05) is 6.42 Å². The summed E-state index contributed by atoms with van der Waals surface area (Å²) in [7, 11) is -3.65. The number of anilines is 3. The van der Waals surface area contributed by atoms with Gasteiger partial charge in [-0.05, 0) is 56.9 Å². The van der Waals surface area contributed by atoms with E-state index in [4.69, 9.17) is 0 Å². The molecule has 2 saturated heterocycles. The Bertz CT molecular complexity index is 1530. The average molecular weight is 523 g/mol. The Hall–Kier alpha value is -3.64. The van der Waals surface area contributed by atoms with E-state index in [1.807, 2.05) is 6.92 Å². The molecule has 192 valence electrons. The van der Waals surface area contributed by atoms with E-state index in [9.17, 15) is 8.42 Å². The van der Waals surface area contributed by atoms with E-state index in [2.05, 4.69) is 35.8 Å². The number of nitrogens with zero attached hydrogens (tertiary/aromatic N) is 5. The van der Waals surface area contributed by atoms with Crippen molar-refractivity contribution in [1.82, 2.24) is 29.5 Å². The van der Waals surface area contributed by atoms with Gasteiger partial charge in [-0.2, -0.15) is 9.40 Å². The Morgan fingerprint density at radius 1 is 1.11 bits per heavy atom. The first kappa shape index (κ1) is 23.7. The lowest BCUT2D eigenvalue weighted by Crippen LogP contribution is -2.56. The highest BCUT2D eigenvalue weighted by molar-refractivity contribution is 7.89. The van der Waals surface area contributed by atoms with Crippen LogP contribution in [-0.2, 0) is 10.0 Å². The predicted molar refractivity (Wildman–Crippen MR) is 137 cm³/mol. The number of aryl methyl sites for hydroxylation is 1. The van der Waals surface area contributed by atoms with Crippen LogP contribution in [0.25, 0.3) is 10.9 Å². The SMILES string of the molecule is Cc1cc(Nc2nc(NC3C[C@H]4CCC[C@@H](C3)N4S(=O)(=O)c3cccnc3)c3cccnc3c2F)n[nH]1. The van der Waals surface area contributed by atoms with E-state index in [-0.39, 0.29) is 34.4 Å². The van der Waals surface area contributed by atoms with Crippen LogP contribution in [-0.4, -0.2) is 56.0 Å². The third-order valence-electron chi connectivity index (χ3n) is 7.11. The van der Waals surface area contributed by atoms with E-state index in [1.54, 1.807) is 47.0 Å². The van der Waals surface area contributed by atoms with Crippen LogP contribution in [0.15, 0.2) is 53.8 Å². The lowest BCUT2D eigenvalue weighted by Gasteiger charge is -2.47. The maximum Gasteiger partial charge on any atom is 0.245 e. The first-order valence-corrected chi connectivity index (χ1v) is 13.8. The predicted octanol–water partition coefficient (Wildman–Crippen LogP) is 4.13. The fourth-order valence-electron chi connectivity index (χ4n) is 5.56. The summed E-state index contributed by atoms with van der Waals surface area (Å²) < 4.78 is 44.0. The molecular weight excluding hydrogens is 495 g/mol. The van der Waals surface area contributed by atoms with Crippen LogP contribution in [0.5, 0.6) is 0 Å². The number of pyridine rings is 3. The Balaban J connectivity index is 1.30. The minimum Gasteiger partial charge on any atom is -0.367 e. The van der Waals surface area contributed by atoms with Crippen molar-refractivity contribution in [1.29, 1.82) is 0 Å². The molecule has 4 aromatic heterocycles. The molecule has 0 radical (unpaired) electrons. The summed E-state index contributed by atoms with van der Waals surface area (Å²) in [5.41, 5.74) is 1.03. The normalized spacial score (nSPS) is 22.2. The third-order valence-corrected chi connectivity index (χ3v) is 9.10. The molecule has 2 aliphatic rings. The molecule has 12 heteroatoms. The van der Waals surface area contributed by atoms with Gasteiger partial charge < -0.3 is 10.6 Å². The van der Waals surface area contributed by atoms with Crippen molar-refractivity contribution in [3.05, 3.63) is 60.4 Å². The number of hydrogen-bond donors (Lipinski definition) is 3. The van der Waals surface area contributed by atoms with Crippen LogP contribution >= 0.6 is 0 Å². The first-order chi connectivity index (χ1) is 17.9. The number of H-pyrrole nitrogens is 1. The van der Waals surface area contributed by atoms with Crippen molar-refractivity contribution in [2.24, 2.45) is 0 Å².